The van der Waals surface area contributed by atoms with Crippen LogP contribution in [0.2, 0.25) is 0 Å². The van der Waals surface area contributed by atoms with Crippen LogP contribution in [0.25, 0.3) is 0 Å². The standard InChI is InChI=1S/C20H31N3O4S/c1-14(2)18(23-19(24)16-6-4-3-5-7-16)20(25)22-13-12-15-8-10-17(11-9-15)28(21,26)27/h8-11,14,16,18H,3-7,12-13H2,1-2H3,(H,22,25)(H,23,24)(H2,21,26,27). The molecule has 1 unspecified atom stereocenters. The van der Waals surface area contributed by atoms with Gasteiger partial charge in [0.2, 0.25) is 21.8 Å². The Kier molecular flexibility index (Phi) is 8.00. The number of nitrogens with two attached hydrogens (primary N) is 1. The molecule has 0 aromatic heterocycles. The second kappa shape index (κ2) is 10.0. The van der Waals surface area contributed by atoms with E-state index in [9.17, 15) is 18.0 Å². The average molecular weight is 410 g/mol. The van der Waals surface area contributed by atoms with E-state index in [4.69, 9.17) is 5.14 Å². The van der Waals surface area contributed by atoms with Gasteiger partial charge in [0.15, 0.2) is 0 Å². The molecule has 0 aliphatic heterocycles. The zero-order chi connectivity index (χ0) is 20.7. The largest absolute Gasteiger partial charge is 0.354 e. The molecule has 0 spiro atoms. The molecule has 28 heavy (non-hydrogen) atoms. The van der Waals surface area contributed by atoms with E-state index in [2.05, 4.69) is 10.6 Å². The molecule has 1 aliphatic rings. The van der Waals surface area contributed by atoms with Crippen molar-refractivity contribution in [3.05, 3.63) is 29.8 Å². The van der Waals surface area contributed by atoms with Crippen LogP contribution < -0.4 is 15.8 Å². The number of benzene rings is 1. The predicted octanol–water partition coefficient (Wildman–Crippen LogP) is 1.71. The van der Waals surface area contributed by atoms with E-state index in [1.807, 2.05) is 13.8 Å². The third kappa shape index (κ3) is 6.60. The van der Waals surface area contributed by atoms with Gasteiger partial charge in [0.05, 0.1) is 4.90 Å². The molecule has 8 heteroatoms. The molecule has 7 nitrogen and oxygen atoms in total. The summed E-state index contributed by atoms with van der Waals surface area (Å²) in [7, 11) is -3.71. The van der Waals surface area contributed by atoms with Gasteiger partial charge in [-0.25, -0.2) is 13.6 Å². The number of carbonyl (C=O) groups is 2. The molecule has 1 atom stereocenters. The van der Waals surface area contributed by atoms with Gasteiger partial charge in [-0.15, -0.1) is 0 Å². The Balaban J connectivity index is 1.85. The first-order chi connectivity index (χ1) is 13.2. The van der Waals surface area contributed by atoms with Crippen molar-refractivity contribution in [2.75, 3.05) is 6.54 Å². The fourth-order valence-electron chi connectivity index (χ4n) is 3.46. The molecule has 0 bridgehead atoms. The van der Waals surface area contributed by atoms with E-state index >= 15 is 0 Å². The minimum atomic E-state index is -3.71. The van der Waals surface area contributed by atoms with Gasteiger partial charge in [-0.1, -0.05) is 45.2 Å². The molecule has 0 radical (unpaired) electrons. The number of rotatable bonds is 8. The second-order valence-corrected chi connectivity index (χ2v) is 9.36. The van der Waals surface area contributed by atoms with Crippen molar-refractivity contribution in [3.8, 4) is 0 Å². The van der Waals surface area contributed by atoms with Crippen LogP contribution in [0.4, 0.5) is 0 Å². The molecule has 1 saturated carbocycles. The van der Waals surface area contributed by atoms with E-state index in [0.717, 1.165) is 31.2 Å². The van der Waals surface area contributed by atoms with Crippen molar-refractivity contribution in [1.29, 1.82) is 0 Å². The molecule has 2 rings (SSSR count). The van der Waals surface area contributed by atoms with Crippen molar-refractivity contribution in [1.82, 2.24) is 10.6 Å². The number of carbonyl (C=O) groups excluding carboxylic acids is 2. The van der Waals surface area contributed by atoms with Crippen LogP contribution >= 0.6 is 0 Å². The van der Waals surface area contributed by atoms with Gasteiger partial charge < -0.3 is 10.6 Å². The maximum atomic E-state index is 12.6. The smallest absolute Gasteiger partial charge is 0.242 e. The van der Waals surface area contributed by atoms with Crippen molar-refractivity contribution < 1.29 is 18.0 Å². The average Bonchev–Trinajstić information content (AvgIpc) is 2.66. The molecule has 0 saturated heterocycles. The lowest BCUT2D eigenvalue weighted by Crippen LogP contribution is -2.51. The lowest BCUT2D eigenvalue weighted by Gasteiger charge is -2.26. The minimum absolute atomic E-state index is 0.0124. The summed E-state index contributed by atoms with van der Waals surface area (Å²) in [5.74, 6) is -0.214. The highest BCUT2D eigenvalue weighted by molar-refractivity contribution is 7.89. The van der Waals surface area contributed by atoms with Gasteiger partial charge in [0.25, 0.3) is 0 Å². The fourth-order valence-corrected chi connectivity index (χ4v) is 3.97. The summed E-state index contributed by atoms with van der Waals surface area (Å²) in [4.78, 5) is 25.1. The van der Waals surface area contributed by atoms with Crippen molar-refractivity contribution >= 4 is 21.8 Å². The Bertz CT molecular complexity index is 769. The fraction of sp³-hybridized carbons (Fsp3) is 0.600. The molecule has 1 aromatic rings. The predicted molar refractivity (Wildman–Crippen MR) is 108 cm³/mol. The molecule has 156 valence electrons. The van der Waals surface area contributed by atoms with Crippen LogP contribution in [-0.2, 0) is 26.0 Å². The third-order valence-electron chi connectivity index (χ3n) is 5.19. The van der Waals surface area contributed by atoms with E-state index in [-0.39, 0.29) is 28.5 Å². The maximum Gasteiger partial charge on any atom is 0.242 e. The Hall–Kier alpha value is -1.93. The molecule has 2 amide bonds. The molecule has 1 fully saturated rings. The SMILES string of the molecule is CC(C)C(NC(=O)C1CCCCC1)C(=O)NCCc1ccc(S(N)(=O)=O)cc1. The maximum absolute atomic E-state index is 12.6. The number of nitrogens with one attached hydrogen (secondary N) is 2. The Morgan fingerprint density at radius 2 is 1.71 bits per heavy atom. The van der Waals surface area contributed by atoms with Gasteiger partial charge in [-0.2, -0.15) is 0 Å². The molecular formula is C20H31N3O4S. The molecule has 0 heterocycles. The molecule has 1 aliphatic carbocycles. The van der Waals surface area contributed by atoms with Gasteiger partial charge in [-0.05, 0) is 42.9 Å². The zero-order valence-corrected chi connectivity index (χ0v) is 17.4. The van der Waals surface area contributed by atoms with Crippen molar-refractivity contribution in [2.45, 2.75) is 63.3 Å². The first-order valence-corrected chi connectivity index (χ1v) is 11.4. The Labute approximate surface area is 167 Å². The molecular weight excluding hydrogens is 378 g/mol. The summed E-state index contributed by atoms with van der Waals surface area (Å²) in [6.45, 7) is 4.23. The van der Waals surface area contributed by atoms with Crippen LogP contribution in [-0.4, -0.2) is 32.8 Å². The first kappa shape index (κ1) is 22.4. The van der Waals surface area contributed by atoms with Crippen LogP contribution in [0.1, 0.15) is 51.5 Å². The van der Waals surface area contributed by atoms with Crippen molar-refractivity contribution in [2.24, 2.45) is 17.0 Å². The van der Waals surface area contributed by atoms with Gasteiger partial charge in [0, 0.05) is 12.5 Å². The van der Waals surface area contributed by atoms with E-state index in [1.165, 1.54) is 18.6 Å². The number of amides is 2. The Morgan fingerprint density at radius 1 is 1.11 bits per heavy atom. The van der Waals surface area contributed by atoms with Crippen LogP contribution in [0.5, 0.6) is 0 Å². The number of hydrogen-bond acceptors (Lipinski definition) is 4. The van der Waals surface area contributed by atoms with E-state index in [1.54, 1.807) is 12.1 Å². The van der Waals surface area contributed by atoms with Gasteiger partial charge in [0.1, 0.15) is 6.04 Å². The summed E-state index contributed by atoms with van der Waals surface area (Å²) in [5, 5.41) is 10.9. The highest BCUT2D eigenvalue weighted by Crippen LogP contribution is 2.24. The summed E-state index contributed by atoms with van der Waals surface area (Å²) >= 11 is 0. The van der Waals surface area contributed by atoms with Crippen LogP contribution in [0.15, 0.2) is 29.2 Å². The van der Waals surface area contributed by atoms with E-state index < -0.39 is 16.1 Å². The summed E-state index contributed by atoms with van der Waals surface area (Å²) in [6, 6.07) is 5.70. The topological polar surface area (TPSA) is 118 Å². The third-order valence-corrected chi connectivity index (χ3v) is 6.12. The molecule has 1 aromatic carbocycles. The summed E-state index contributed by atoms with van der Waals surface area (Å²) in [6.07, 6.45) is 5.66. The number of hydrogen-bond donors (Lipinski definition) is 3. The lowest BCUT2D eigenvalue weighted by molar-refractivity contribution is -0.132. The van der Waals surface area contributed by atoms with Gasteiger partial charge in [-0.3, -0.25) is 9.59 Å². The molecule has 4 N–H and O–H groups in total. The number of sulfonamides is 1. The Morgan fingerprint density at radius 3 is 2.25 bits per heavy atom. The number of primary sulfonamides is 1. The first-order valence-electron chi connectivity index (χ1n) is 9.88. The summed E-state index contributed by atoms with van der Waals surface area (Å²) < 4.78 is 22.5. The second-order valence-electron chi connectivity index (χ2n) is 7.80. The van der Waals surface area contributed by atoms with Gasteiger partial charge >= 0.3 is 0 Å². The lowest BCUT2D eigenvalue weighted by atomic mass is 9.88. The monoisotopic (exact) mass is 409 g/mol. The normalized spacial score (nSPS) is 16.6. The highest BCUT2D eigenvalue weighted by Gasteiger charge is 2.28. The minimum Gasteiger partial charge on any atom is -0.354 e. The van der Waals surface area contributed by atoms with Crippen LogP contribution in [0.3, 0.4) is 0 Å². The quantitative estimate of drug-likeness (QED) is 0.606. The summed E-state index contributed by atoms with van der Waals surface area (Å²) in [5.41, 5.74) is 0.889. The van der Waals surface area contributed by atoms with E-state index in [0.29, 0.717) is 13.0 Å². The van der Waals surface area contributed by atoms with Crippen molar-refractivity contribution in [3.63, 3.8) is 0 Å². The highest BCUT2D eigenvalue weighted by atomic mass is 32.2. The zero-order valence-electron chi connectivity index (χ0n) is 16.6. The van der Waals surface area contributed by atoms with Crippen LogP contribution in [0, 0.1) is 11.8 Å².